The quantitative estimate of drug-likeness (QED) is 0.378. The Labute approximate surface area is 105 Å². The van der Waals surface area contributed by atoms with Crippen LogP contribution in [0.3, 0.4) is 0 Å². The van der Waals surface area contributed by atoms with Crippen LogP contribution in [0.15, 0.2) is 23.8 Å². The van der Waals surface area contributed by atoms with E-state index in [1.807, 2.05) is 6.92 Å². The number of hydrogen-bond acceptors (Lipinski definition) is 3. The lowest BCUT2D eigenvalue weighted by molar-refractivity contribution is -0.136. The summed E-state index contributed by atoms with van der Waals surface area (Å²) in [6.07, 6.45) is 2.46. The van der Waals surface area contributed by atoms with Crippen molar-refractivity contribution in [3.8, 4) is 0 Å². The summed E-state index contributed by atoms with van der Waals surface area (Å²) < 4.78 is 0. The number of thioether (sulfide) groups is 1. The van der Waals surface area contributed by atoms with Crippen LogP contribution in [0, 0.1) is 0 Å². The molecule has 0 atom stereocenters. The van der Waals surface area contributed by atoms with Crippen LogP contribution >= 0.6 is 11.8 Å². The molecule has 0 aliphatic carbocycles. The summed E-state index contributed by atoms with van der Waals surface area (Å²) in [6, 6.07) is 0. The molecule has 5 heteroatoms. The Balaban J connectivity index is 4.76. The maximum absolute atomic E-state index is 11.0. The number of hydrogen-bond donors (Lipinski definition) is 2. The van der Waals surface area contributed by atoms with E-state index in [2.05, 4.69) is 6.58 Å². The van der Waals surface area contributed by atoms with Gasteiger partial charge >= 0.3 is 11.9 Å². The summed E-state index contributed by atoms with van der Waals surface area (Å²) in [4.78, 5) is 22.0. The second-order valence-corrected chi connectivity index (χ2v) is 4.75. The lowest BCUT2D eigenvalue weighted by atomic mass is 10.0. The summed E-state index contributed by atoms with van der Waals surface area (Å²) >= 11 is 1.71. The fourth-order valence-corrected chi connectivity index (χ4v) is 2.00. The highest BCUT2D eigenvalue weighted by Crippen LogP contribution is 2.17. The first-order valence-corrected chi connectivity index (χ1v) is 6.57. The van der Waals surface area contributed by atoms with Crippen LogP contribution in [-0.4, -0.2) is 33.7 Å². The molecule has 96 valence electrons. The van der Waals surface area contributed by atoms with E-state index in [1.165, 1.54) is 6.08 Å². The van der Waals surface area contributed by atoms with Crippen molar-refractivity contribution in [2.24, 2.45) is 0 Å². The minimum absolute atomic E-state index is 0.00546. The average molecular weight is 258 g/mol. The molecule has 0 radical (unpaired) electrons. The highest BCUT2D eigenvalue weighted by atomic mass is 32.2. The normalized spacial score (nSPS) is 11.8. The molecule has 0 unspecified atom stereocenters. The molecule has 0 aromatic carbocycles. The second kappa shape index (κ2) is 8.87. The van der Waals surface area contributed by atoms with Gasteiger partial charge < -0.3 is 10.2 Å². The first-order chi connectivity index (χ1) is 8.04. The third kappa shape index (κ3) is 6.16. The van der Waals surface area contributed by atoms with Gasteiger partial charge in [-0.25, -0.2) is 9.59 Å². The van der Waals surface area contributed by atoms with Gasteiger partial charge in [-0.05, 0) is 30.8 Å². The predicted octanol–water partition coefficient (Wildman–Crippen LogP) is 2.56. The third-order valence-corrected chi connectivity index (χ3v) is 3.13. The molecule has 0 rings (SSSR count). The van der Waals surface area contributed by atoms with Gasteiger partial charge in [0.25, 0.3) is 0 Å². The van der Waals surface area contributed by atoms with Crippen LogP contribution in [0.5, 0.6) is 0 Å². The molecule has 0 saturated carbocycles. The van der Waals surface area contributed by atoms with Crippen LogP contribution in [0.25, 0.3) is 0 Å². The largest absolute Gasteiger partial charge is 0.478 e. The molecule has 0 aromatic heterocycles. The van der Waals surface area contributed by atoms with Crippen LogP contribution < -0.4 is 0 Å². The number of carboxylic acids is 2. The standard InChI is InChI=1S/C12H18O4S/c1-3-6-9(11(13)14)10(12(15)16)7-5-8-17-4-2/h3H,1,4-8H2,2H3,(H,13,14)(H,15,16)/b10-9-. The van der Waals surface area contributed by atoms with Gasteiger partial charge in [0.05, 0.1) is 5.57 Å². The molecule has 0 aliphatic heterocycles. The van der Waals surface area contributed by atoms with E-state index in [0.29, 0.717) is 6.42 Å². The van der Waals surface area contributed by atoms with E-state index in [0.717, 1.165) is 11.5 Å². The van der Waals surface area contributed by atoms with Crippen molar-refractivity contribution in [2.75, 3.05) is 11.5 Å². The molecular weight excluding hydrogens is 240 g/mol. The van der Waals surface area contributed by atoms with Gasteiger partial charge in [0, 0.05) is 5.57 Å². The molecule has 0 amide bonds. The van der Waals surface area contributed by atoms with E-state index < -0.39 is 11.9 Å². The first kappa shape index (κ1) is 15.8. The first-order valence-electron chi connectivity index (χ1n) is 5.41. The van der Waals surface area contributed by atoms with Crippen LogP contribution in [0.2, 0.25) is 0 Å². The van der Waals surface area contributed by atoms with Crippen LogP contribution in [0.4, 0.5) is 0 Å². The van der Waals surface area contributed by atoms with E-state index in [9.17, 15) is 9.59 Å². The average Bonchev–Trinajstić information content (AvgIpc) is 2.26. The molecule has 0 saturated heterocycles. The molecule has 0 heterocycles. The molecule has 0 fully saturated rings. The SMILES string of the molecule is C=CC/C(C(=O)O)=C(\CCCSCC)C(=O)O. The number of rotatable bonds is 9. The van der Waals surface area contributed by atoms with Gasteiger partial charge in [-0.2, -0.15) is 11.8 Å². The summed E-state index contributed by atoms with van der Waals surface area (Å²) in [5.41, 5.74) is -0.0666. The second-order valence-electron chi connectivity index (χ2n) is 3.36. The lowest BCUT2D eigenvalue weighted by Gasteiger charge is -2.07. The van der Waals surface area contributed by atoms with Gasteiger partial charge in [0.1, 0.15) is 0 Å². The van der Waals surface area contributed by atoms with Crippen molar-refractivity contribution in [3.63, 3.8) is 0 Å². The summed E-state index contributed by atoms with van der Waals surface area (Å²) in [6.45, 7) is 5.47. The Morgan fingerprint density at radius 1 is 1.24 bits per heavy atom. The highest BCUT2D eigenvalue weighted by molar-refractivity contribution is 7.99. The Kier molecular flexibility index (Phi) is 8.23. The predicted molar refractivity (Wildman–Crippen MR) is 69.3 cm³/mol. The molecule has 0 spiro atoms. The molecule has 0 bridgehead atoms. The maximum Gasteiger partial charge on any atom is 0.332 e. The monoisotopic (exact) mass is 258 g/mol. The number of allylic oxidation sites excluding steroid dienone is 1. The minimum Gasteiger partial charge on any atom is -0.478 e. The van der Waals surface area contributed by atoms with E-state index in [4.69, 9.17) is 10.2 Å². The summed E-state index contributed by atoms with van der Waals surface area (Å²) in [5.74, 6) is -0.505. The van der Waals surface area contributed by atoms with E-state index in [-0.39, 0.29) is 24.0 Å². The lowest BCUT2D eigenvalue weighted by Crippen LogP contribution is -2.11. The molecule has 4 nitrogen and oxygen atoms in total. The topological polar surface area (TPSA) is 74.6 Å². The third-order valence-electron chi connectivity index (χ3n) is 2.15. The number of carbonyl (C=O) groups is 2. The molecule has 0 aliphatic rings. The zero-order valence-corrected chi connectivity index (χ0v) is 10.8. The van der Waals surface area contributed by atoms with Gasteiger partial charge in [-0.3, -0.25) is 0 Å². The Morgan fingerprint density at radius 2 is 1.82 bits per heavy atom. The molecule has 17 heavy (non-hydrogen) atoms. The van der Waals surface area contributed by atoms with Crippen molar-refractivity contribution in [1.29, 1.82) is 0 Å². The van der Waals surface area contributed by atoms with Crippen LogP contribution in [-0.2, 0) is 9.59 Å². The van der Waals surface area contributed by atoms with Gasteiger partial charge in [0.15, 0.2) is 0 Å². The Hall–Kier alpha value is -1.23. The van der Waals surface area contributed by atoms with Gasteiger partial charge in [0.2, 0.25) is 0 Å². The van der Waals surface area contributed by atoms with Gasteiger partial charge in [-0.1, -0.05) is 13.0 Å². The van der Waals surface area contributed by atoms with Crippen molar-refractivity contribution in [3.05, 3.63) is 23.8 Å². The van der Waals surface area contributed by atoms with Gasteiger partial charge in [-0.15, -0.1) is 6.58 Å². The maximum atomic E-state index is 11.0. The zero-order chi connectivity index (χ0) is 13.3. The molecular formula is C12H18O4S. The number of carboxylic acid groups (broad SMARTS) is 2. The van der Waals surface area contributed by atoms with Crippen molar-refractivity contribution in [1.82, 2.24) is 0 Å². The van der Waals surface area contributed by atoms with E-state index >= 15 is 0 Å². The summed E-state index contributed by atoms with van der Waals surface area (Å²) in [5, 5.41) is 18.0. The van der Waals surface area contributed by atoms with Crippen molar-refractivity contribution >= 4 is 23.7 Å². The minimum atomic E-state index is -1.18. The Bertz CT molecular complexity index is 320. The molecule has 0 aromatic rings. The smallest absolute Gasteiger partial charge is 0.332 e. The van der Waals surface area contributed by atoms with Crippen LogP contribution in [0.1, 0.15) is 26.2 Å². The molecule has 2 N–H and O–H groups in total. The fourth-order valence-electron chi connectivity index (χ4n) is 1.37. The van der Waals surface area contributed by atoms with Crippen molar-refractivity contribution in [2.45, 2.75) is 26.2 Å². The van der Waals surface area contributed by atoms with Crippen molar-refractivity contribution < 1.29 is 19.8 Å². The number of aliphatic carboxylic acids is 2. The highest BCUT2D eigenvalue weighted by Gasteiger charge is 2.18. The Morgan fingerprint density at radius 3 is 2.24 bits per heavy atom. The van der Waals surface area contributed by atoms with E-state index in [1.54, 1.807) is 11.8 Å². The fraction of sp³-hybridized carbons (Fsp3) is 0.500. The zero-order valence-electron chi connectivity index (χ0n) is 9.94. The summed E-state index contributed by atoms with van der Waals surface area (Å²) in [7, 11) is 0.